The van der Waals surface area contributed by atoms with E-state index in [1.807, 2.05) is 19.1 Å². The van der Waals surface area contributed by atoms with Crippen molar-refractivity contribution < 1.29 is 17.9 Å². The third kappa shape index (κ3) is 5.36. The van der Waals surface area contributed by atoms with Crippen molar-refractivity contribution in [3.05, 3.63) is 84.4 Å². The Labute approximate surface area is 170 Å². The molecule has 3 rings (SSSR count). The van der Waals surface area contributed by atoms with Crippen LogP contribution in [0.1, 0.15) is 23.7 Å². The monoisotopic (exact) mass is 410 g/mol. The maximum absolute atomic E-state index is 12.6. The molecular formula is C22H22N2O4S. The van der Waals surface area contributed by atoms with Gasteiger partial charge in [0.2, 0.25) is 0 Å². The number of benzene rings is 3. The van der Waals surface area contributed by atoms with E-state index >= 15 is 0 Å². The zero-order valence-electron chi connectivity index (χ0n) is 16.0. The van der Waals surface area contributed by atoms with Gasteiger partial charge in [-0.25, -0.2) is 8.42 Å². The summed E-state index contributed by atoms with van der Waals surface area (Å²) in [5.74, 6) is 0.296. The van der Waals surface area contributed by atoms with Crippen LogP contribution in [-0.2, 0) is 10.0 Å². The lowest BCUT2D eigenvalue weighted by Gasteiger charge is -2.12. The van der Waals surface area contributed by atoms with E-state index in [0.29, 0.717) is 29.3 Å². The summed E-state index contributed by atoms with van der Waals surface area (Å²) >= 11 is 0. The summed E-state index contributed by atoms with van der Waals surface area (Å²) in [6.45, 7) is 2.57. The maximum Gasteiger partial charge on any atom is 0.261 e. The minimum atomic E-state index is -3.68. The second-order valence-electron chi connectivity index (χ2n) is 6.29. The van der Waals surface area contributed by atoms with E-state index in [4.69, 9.17) is 4.74 Å². The molecule has 2 N–H and O–H groups in total. The molecule has 0 aliphatic rings. The number of para-hydroxylation sites is 2. The highest BCUT2D eigenvalue weighted by Gasteiger charge is 2.14. The molecule has 0 aliphatic heterocycles. The zero-order chi connectivity index (χ0) is 20.7. The van der Waals surface area contributed by atoms with Crippen molar-refractivity contribution in [2.45, 2.75) is 18.2 Å². The van der Waals surface area contributed by atoms with Gasteiger partial charge in [0.15, 0.2) is 0 Å². The van der Waals surface area contributed by atoms with E-state index in [2.05, 4.69) is 10.0 Å². The van der Waals surface area contributed by atoms with Crippen LogP contribution in [0.5, 0.6) is 5.75 Å². The molecule has 0 aromatic heterocycles. The third-order valence-corrected chi connectivity index (χ3v) is 5.45. The Hall–Kier alpha value is -3.32. The van der Waals surface area contributed by atoms with Gasteiger partial charge in [0.1, 0.15) is 5.75 Å². The van der Waals surface area contributed by atoms with Gasteiger partial charge in [-0.1, -0.05) is 37.3 Å². The molecule has 0 atom stereocenters. The Kier molecular flexibility index (Phi) is 6.51. The number of anilines is 2. The first kappa shape index (κ1) is 20.4. The average molecular weight is 410 g/mol. The summed E-state index contributed by atoms with van der Waals surface area (Å²) in [6, 6.07) is 21.5. The molecule has 7 heteroatoms. The Balaban J connectivity index is 1.70. The topological polar surface area (TPSA) is 84.5 Å². The van der Waals surface area contributed by atoms with Crippen molar-refractivity contribution in [2.24, 2.45) is 0 Å². The summed E-state index contributed by atoms with van der Waals surface area (Å²) in [5.41, 5.74) is 1.36. The minimum Gasteiger partial charge on any atom is -0.491 e. The first-order valence-electron chi connectivity index (χ1n) is 9.21. The molecule has 0 bridgehead atoms. The molecule has 0 saturated heterocycles. The molecular weight excluding hydrogens is 388 g/mol. The van der Waals surface area contributed by atoms with Gasteiger partial charge in [-0.2, -0.15) is 0 Å². The number of ether oxygens (including phenoxy) is 1. The van der Waals surface area contributed by atoms with Crippen molar-refractivity contribution in [3.8, 4) is 5.75 Å². The van der Waals surface area contributed by atoms with Crippen molar-refractivity contribution in [3.63, 3.8) is 0 Å². The highest BCUT2D eigenvalue weighted by Crippen LogP contribution is 2.25. The van der Waals surface area contributed by atoms with Crippen LogP contribution in [0.2, 0.25) is 0 Å². The molecule has 29 heavy (non-hydrogen) atoms. The quantitative estimate of drug-likeness (QED) is 0.571. The maximum atomic E-state index is 12.6. The average Bonchev–Trinajstić information content (AvgIpc) is 2.74. The van der Waals surface area contributed by atoms with Gasteiger partial charge in [0.05, 0.1) is 17.2 Å². The number of carbonyl (C=O) groups excluding carboxylic acids is 1. The summed E-state index contributed by atoms with van der Waals surface area (Å²) < 4.78 is 32.9. The van der Waals surface area contributed by atoms with E-state index in [0.717, 1.165) is 6.42 Å². The van der Waals surface area contributed by atoms with Crippen LogP contribution in [0.25, 0.3) is 0 Å². The van der Waals surface area contributed by atoms with E-state index < -0.39 is 10.0 Å². The van der Waals surface area contributed by atoms with Crippen LogP contribution in [0.3, 0.4) is 0 Å². The number of rotatable bonds is 8. The van der Waals surface area contributed by atoms with Gasteiger partial charge >= 0.3 is 0 Å². The molecule has 0 saturated carbocycles. The summed E-state index contributed by atoms with van der Waals surface area (Å²) in [4.78, 5) is 12.7. The molecule has 0 radical (unpaired) electrons. The van der Waals surface area contributed by atoms with Crippen LogP contribution in [-0.4, -0.2) is 20.9 Å². The number of nitrogens with one attached hydrogen (secondary N) is 2. The number of amides is 1. The normalized spacial score (nSPS) is 10.9. The zero-order valence-corrected chi connectivity index (χ0v) is 16.8. The summed E-state index contributed by atoms with van der Waals surface area (Å²) in [7, 11) is -3.68. The SMILES string of the molecule is CCCOc1ccccc1NC(=O)c1ccc(NS(=O)(=O)c2ccccc2)cc1. The van der Waals surface area contributed by atoms with Gasteiger partial charge in [-0.05, 0) is 55.0 Å². The molecule has 0 unspecified atom stereocenters. The number of hydrogen-bond acceptors (Lipinski definition) is 4. The second-order valence-corrected chi connectivity index (χ2v) is 7.98. The Morgan fingerprint density at radius 1 is 0.897 bits per heavy atom. The highest BCUT2D eigenvalue weighted by molar-refractivity contribution is 7.92. The van der Waals surface area contributed by atoms with Crippen LogP contribution < -0.4 is 14.8 Å². The number of hydrogen-bond donors (Lipinski definition) is 2. The number of sulfonamides is 1. The van der Waals surface area contributed by atoms with Crippen molar-refractivity contribution >= 4 is 27.3 Å². The van der Waals surface area contributed by atoms with Gasteiger partial charge in [-0.15, -0.1) is 0 Å². The number of carbonyl (C=O) groups is 1. The van der Waals surface area contributed by atoms with Gasteiger partial charge in [-0.3, -0.25) is 9.52 Å². The van der Waals surface area contributed by atoms with Crippen LogP contribution in [0.15, 0.2) is 83.8 Å². The predicted octanol–water partition coefficient (Wildman–Crippen LogP) is 4.53. The molecule has 150 valence electrons. The molecule has 1 amide bonds. The van der Waals surface area contributed by atoms with E-state index in [9.17, 15) is 13.2 Å². The van der Waals surface area contributed by atoms with Crippen molar-refractivity contribution in [1.82, 2.24) is 0 Å². The van der Waals surface area contributed by atoms with Crippen molar-refractivity contribution in [2.75, 3.05) is 16.6 Å². The fourth-order valence-electron chi connectivity index (χ4n) is 2.61. The van der Waals surface area contributed by atoms with Crippen LogP contribution in [0, 0.1) is 0 Å². The highest BCUT2D eigenvalue weighted by atomic mass is 32.2. The fraction of sp³-hybridized carbons (Fsp3) is 0.136. The van der Waals surface area contributed by atoms with E-state index in [-0.39, 0.29) is 10.8 Å². The molecule has 0 aliphatic carbocycles. The Morgan fingerprint density at radius 2 is 1.55 bits per heavy atom. The van der Waals surface area contributed by atoms with Crippen LogP contribution >= 0.6 is 0 Å². The van der Waals surface area contributed by atoms with Crippen molar-refractivity contribution in [1.29, 1.82) is 0 Å². The van der Waals surface area contributed by atoms with Gasteiger partial charge in [0.25, 0.3) is 15.9 Å². The third-order valence-electron chi connectivity index (χ3n) is 4.05. The smallest absolute Gasteiger partial charge is 0.261 e. The first-order valence-corrected chi connectivity index (χ1v) is 10.7. The van der Waals surface area contributed by atoms with Gasteiger partial charge < -0.3 is 10.1 Å². The Bertz CT molecular complexity index is 1070. The van der Waals surface area contributed by atoms with E-state index in [1.165, 1.54) is 12.1 Å². The molecule has 3 aromatic rings. The van der Waals surface area contributed by atoms with Gasteiger partial charge in [0, 0.05) is 11.3 Å². The minimum absolute atomic E-state index is 0.172. The summed E-state index contributed by atoms with van der Waals surface area (Å²) in [5, 5.41) is 2.83. The lowest BCUT2D eigenvalue weighted by atomic mass is 10.2. The molecule has 0 heterocycles. The Morgan fingerprint density at radius 3 is 2.24 bits per heavy atom. The predicted molar refractivity (Wildman–Crippen MR) is 114 cm³/mol. The molecule has 0 spiro atoms. The fourth-order valence-corrected chi connectivity index (χ4v) is 3.69. The standard InChI is InChI=1S/C22H22N2O4S/c1-2-16-28-21-11-7-6-10-20(21)23-22(25)17-12-14-18(15-13-17)24-29(26,27)19-8-4-3-5-9-19/h3-15,24H,2,16H2,1H3,(H,23,25). The molecule has 3 aromatic carbocycles. The lowest BCUT2D eigenvalue weighted by Crippen LogP contribution is -2.14. The van der Waals surface area contributed by atoms with Crippen LogP contribution in [0.4, 0.5) is 11.4 Å². The summed E-state index contributed by atoms with van der Waals surface area (Å²) in [6.07, 6.45) is 0.864. The molecule has 0 fully saturated rings. The lowest BCUT2D eigenvalue weighted by molar-refractivity contribution is 0.102. The molecule has 6 nitrogen and oxygen atoms in total. The largest absolute Gasteiger partial charge is 0.491 e. The van der Waals surface area contributed by atoms with E-state index in [1.54, 1.807) is 54.6 Å². The first-order chi connectivity index (χ1) is 14.0. The second kappa shape index (κ2) is 9.25.